The third kappa shape index (κ3) is 10.2. The summed E-state index contributed by atoms with van der Waals surface area (Å²) >= 11 is 0. The van der Waals surface area contributed by atoms with E-state index >= 15 is 0 Å². The van der Waals surface area contributed by atoms with Gasteiger partial charge in [0.2, 0.25) is 0 Å². The number of benzene rings is 1. The third-order valence-electron chi connectivity index (χ3n) is 4.38. The van der Waals surface area contributed by atoms with Crippen molar-refractivity contribution in [1.82, 2.24) is 0 Å². The quantitative estimate of drug-likeness (QED) is 0.435. The average molecular weight is 359 g/mol. The van der Waals surface area contributed by atoms with Crippen LogP contribution >= 0.6 is 0 Å². The summed E-state index contributed by atoms with van der Waals surface area (Å²) < 4.78 is 0. The van der Waals surface area contributed by atoms with Crippen LogP contribution in [0.15, 0.2) is 18.2 Å². The molecule has 0 radical (unpaired) electrons. The summed E-state index contributed by atoms with van der Waals surface area (Å²) in [5.74, 6) is -1.48. The number of carboxylic acid groups (broad SMARTS) is 1. The van der Waals surface area contributed by atoms with Gasteiger partial charge in [-0.25, -0.2) is 4.79 Å². The van der Waals surface area contributed by atoms with Crippen molar-refractivity contribution >= 4 is 5.97 Å². The Balaban J connectivity index is 0.00000529. The van der Waals surface area contributed by atoms with Crippen LogP contribution in [-0.2, 0) is 6.42 Å². The van der Waals surface area contributed by atoms with Crippen LogP contribution in [0.25, 0.3) is 0 Å². The second-order valence-electron chi connectivity index (χ2n) is 6.38. The molecule has 0 aliphatic heterocycles. The van der Waals surface area contributed by atoms with Crippen LogP contribution in [0.4, 0.5) is 0 Å². The van der Waals surface area contributed by atoms with Crippen LogP contribution in [-0.4, -0.2) is 11.1 Å². The van der Waals surface area contributed by atoms with E-state index in [0.29, 0.717) is 12.0 Å². The molecule has 0 heterocycles. The summed E-state index contributed by atoms with van der Waals surface area (Å²) in [5.41, 5.74) is 0.639. The van der Waals surface area contributed by atoms with Crippen LogP contribution in [0.5, 0.6) is 5.75 Å². The van der Waals surface area contributed by atoms with Gasteiger partial charge in [0.05, 0.1) is 5.56 Å². The second kappa shape index (κ2) is 15.4. The Labute approximate surface area is 189 Å². The summed E-state index contributed by atoms with van der Waals surface area (Å²) in [6, 6.07) is 4.75. The Kier molecular flexibility index (Phi) is 15.5. The van der Waals surface area contributed by atoms with E-state index in [9.17, 15) is 9.90 Å². The molecule has 0 aliphatic carbocycles. The van der Waals surface area contributed by atoms with Gasteiger partial charge in [-0.1, -0.05) is 95.1 Å². The first kappa shape index (κ1) is 24.1. The van der Waals surface area contributed by atoms with Crippen molar-refractivity contribution in [2.24, 2.45) is 0 Å². The first-order chi connectivity index (χ1) is 11.2. The molecule has 0 atom stereocenters. The summed E-state index contributed by atoms with van der Waals surface area (Å²) in [4.78, 5) is 11.1. The molecule has 3 nitrogen and oxygen atoms in total. The molecular weight excluding hydrogens is 327 g/mol. The fourth-order valence-corrected chi connectivity index (χ4v) is 3.01. The van der Waals surface area contributed by atoms with E-state index in [1.807, 2.05) is 0 Å². The standard InChI is InChI=1S/C20H32O3.K/c1-2-3-4-5-6-7-8-9-10-11-12-14-17-15-13-16-18(21)19(17)20(22)23;/h13,15-16,21H,2-12,14H2,1H3,(H,22,23);/q;+1/p-1. The van der Waals surface area contributed by atoms with E-state index in [1.165, 1.54) is 63.9 Å². The molecule has 1 aromatic carbocycles. The molecule has 0 spiro atoms. The molecule has 0 bridgehead atoms. The first-order valence-corrected chi connectivity index (χ1v) is 9.19. The van der Waals surface area contributed by atoms with Gasteiger partial charge in [-0.3, -0.25) is 0 Å². The third-order valence-corrected chi connectivity index (χ3v) is 4.38. The van der Waals surface area contributed by atoms with Gasteiger partial charge in [0.1, 0.15) is 0 Å². The van der Waals surface area contributed by atoms with Crippen molar-refractivity contribution in [3.05, 3.63) is 29.3 Å². The Morgan fingerprint density at radius 2 is 1.42 bits per heavy atom. The zero-order chi connectivity index (χ0) is 16.9. The summed E-state index contributed by atoms with van der Waals surface area (Å²) in [5, 5.41) is 20.7. The molecule has 4 heteroatoms. The van der Waals surface area contributed by atoms with Gasteiger partial charge in [0, 0.05) is 0 Å². The normalized spacial score (nSPS) is 10.4. The van der Waals surface area contributed by atoms with Gasteiger partial charge < -0.3 is 10.2 Å². The van der Waals surface area contributed by atoms with Gasteiger partial charge in [-0.2, -0.15) is 0 Å². The van der Waals surface area contributed by atoms with Gasteiger partial charge in [0.15, 0.2) is 0 Å². The maximum atomic E-state index is 11.6. The second-order valence-corrected chi connectivity index (χ2v) is 6.38. The van der Waals surface area contributed by atoms with Crippen molar-refractivity contribution in [3.8, 4) is 5.75 Å². The van der Waals surface area contributed by atoms with Crippen LogP contribution in [0.1, 0.15) is 93.5 Å². The van der Waals surface area contributed by atoms with Crippen molar-refractivity contribution < 1.29 is 66.4 Å². The summed E-state index contributed by atoms with van der Waals surface area (Å²) in [6.07, 6.45) is 14.6. The number of carbonyl (C=O) groups is 1. The van der Waals surface area contributed by atoms with Crippen LogP contribution in [0.3, 0.4) is 0 Å². The Morgan fingerprint density at radius 3 is 1.92 bits per heavy atom. The SMILES string of the molecule is CCCCCCCCCCCCCc1cccc([O-])c1C(=O)O.[K+]. The average Bonchev–Trinajstić information content (AvgIpc) is 2.52. The number of hydrogen-bond donors (Lipinski definition) is 1. The molecule has 0 saturated heterocycles. The number of aromatic carboxylic acids is 1. The van der Waals surface area contributed by atoms with Gasteiger partial charge >= 0.3 is 57.4 Å². The van der Waals surface area contributed by atoms with E-state index in [2.05, 4.69) is 6.92 Å². The Hall–Kier alpha value is 0.126. The van der Waals surface area contributed by atoms with Gasteiger partial charge in [-0.15, -0.1) is 0 Å². The first-order valence-electron chi connectivity index (χ1n) is 9.19. The molecule has 0 unspecified atom stereocenters. The molecule has 1 rings (SSSR count). The van der Waals surface area contributed by atoms with Crippen molar-refractivity contribution in [3.63, 3.8) is 0 Å². The van der Waals surface area contributed by atoms with Gasteiger partial charge in [-0.05, 0) is 18.4 Å². The Bertz CT molecular complexity index is 460. The molecule has 0 aromatic heterocycles. The number of unbranched alkanes of at least 4 members (excludes halogenated alkanes) is 10. The van der Waals surface area contributed by atoms with Crippen LogP contribution < -0.4 is 56.5 Å². The topological polar surface area (TPSA) is 60.4 Å². The predicted molar refractivity (Wildman–Crippen MR) is 93.0 cm³/mol. The van der Waals surface area contributed by atoms with E-state index in [1.54, 1.807) is 12.1 Å². The number of aryl methyl sites for hydroxylation is 1. The minimum atomic E-state index is -1.10. The fraction of sp³-hybridized carbons (Fsp3) is 0.650. The minimum absolute atomic E-state index is 0. The molecule has 0 amide bonds. The van der Waals surface area contributed by atoms with Gasteiger partial charge in [0.25, 0.3) is 0 Å². The molecule has 1 aromatic rings. The van der Waals surface area contributed by atoms with Crippen LogP contribution in [0, 0.1) is 0 Å². The maximum Gasteiger partial charge on any atom is 1.00 e. The van der Waals surface area contributed by atoms with E-state index in [0.717, 1.165) is 12.8 Å². The van der Waals surface area contributed by atoms with Crippen molar-refractivity contribution in [2.45, 2.75) is 84.0 Å². The van der Waals surface area contributed by atoms with Crippen molar-refractivity contribution in [2.75, 3.05) is 0 Å². The zero-order valence-electron chi connectivity index (χ0n) is 15.5. The van der Waals surface area contributed by atoms with E-state index < -0.39 is 5.97 Å². The smallest absolute Gasteiger partial charge is 0.872 e. The molecule has 0 aliphatic rings. The monoisotopic (exact) mass is 358 g/mol. The zero-order valence-corrected chi connectivity index (χ0v) is 18.6. The predicted octanol–water partition coefficient (Wildman–Crippen LogP) is 2.32. The van der Waals surface area contributed by atoms with E-state index in [4.69, 9.17) is 5.11 Å². The molecule has 0 saturated carbocycles. The molecule has 1 N–H and O–H groups in total. The number of rotatable bonds is 13. The summed E-state index contributed by atoms with van der Waals surface area (Å²) in [6.45, 7) is 2.24. The summed E-state index contributed by atoms with van der Waals surface area (Å²) in [7, 11) is 0. The fourth-order valence-electron chi connectivity index (χ4n) is 3.01. The molecule has 130 valence electrons. The maximum absolute atomic E-state index is 11.6. The molecule has 24 heavy (non-hydrogen) atoms. The molecular formula is C20H31KO3. The number of hydrogen-bond acceptors (Lipinski definition) is 2. The molecule has 0 fully saturated rings. The Morgan fingerprint density at radius 1 is 0.917 bits per heavy atom. The minimum Gasteiger partial charge on any atom is -0.872 e. The van der Waals surface area contributed by atoms with Crippen molar-refractivity contribution in [1.29, 1.82) is 0 Å². The largest absolute Gasteiger partial charge is 1.00 e. The number of carboxylic acids is 1. The van der Waals surface area contributed by atoms with E-state index in [-0.39, 0.29) is 62.7 Å². The van der Waals surface area contributed by atoms with Crippen LogP contribution in [0.2, 0.25) is 0 Å².